The minimum absolute atomic E-state index is 0.0496. The van der Waals surface area contributed by atoms with Gasteiger partial charge in [0.15, 0.2) is 0 Å². The molecule has 42 valence electrons. The van der Waals surface area contributed by atoms with E-state index in [9.17, 15) is 4.39 Å². The largest absolute Gasteiger partial charge is 0.251 e. The maximum atomic E-state index is 11.8. The highest BCUT2D eigenvalue weighted by molar-refractivity contribution is 6.28. The van der Waals surface area contributed by atoms with Crippen molar-refractivity contribution in [3.05, 3.63) is 17.4 Å². The molecule has 0 aromatic carbocycles. The number of aromatic nitrogens is 3. The molecule has 0 bridgehead atoms. The predicted molar refractivity (Wildman–Crippen MR) is 24.8 cm³/mol. The van der Waals surface area contributed by atoms with Gasteiger partial charge in [-0.2, -0.15) is 4.39 Å². The molecule has 0 radical (unpaired) electrons. The molecule has 1 aromatic heterocycles. The fourth-order valence-corrected chi connectivity index (χ4v) is 0.334. The molecular formula is C3HClFN3. The molecule has 0 saturated heterocycles. The van der Waals surface area contributed by atoms with Gasteiger partial charge in [-0.15, -0.1) is 10.2 Å². The summed E-state index contributed by atoms with van der Waals surface area (Å²) in [5, 5.41) is 6.03. The summed E-state index contributed by atoms with van der Waals surface area (Å²) in [6.07, 6.45) is 0.898. The zero-order chi connectivity index (χ0) is 5.98. The summed E-state index contributed by atoms with van der Waals surface area (Å²) >= 11 is 5.16. The second kappa shape index (κ2) is 2.00. The van der Waals surface area contributed by atoms with Crippen molar-refractivity contribution in [2.24, 2.45) is 0 Å². The molecule has 0 saturated carbocycles. The van der Waals surface area contributed by atoms with E-state index in [1.54, 1.807) is 0 Å². The van der Waals surface area contributed by atoms with Gasteiger partial charge in [0.05, 0.1) is 6.20 Å². The molecule has 0 fully saturated rings. The summed E-state index contributed by atoms with van der Waals surface area (Å²) in [6.45, 7) is 0. The fraction of sp³-hybridized carbons (Fsp3) is 0. The van der Waals surface area contributed by atoms with E-state index in [0.717, 1.165) is 6.20 Å². The van der Waals surface area contributed by atoms with E-state index in [1.165, 1.54) is 0 Å². The van der Waals surface area contributed by atoms with Gasteiger partial charge in [-0.25, -0.2) is 4.98 Å². The van der Waals surface area contributed by atoms with Crippen LogP contribution in [0.3, 0.4) is 0 Å². The third-order valence-corrected chi connectivity index (χ3v) is 0.679. The highest BCUT2D eigenvalue weighted by Gasteiger charge is 1.90. The second-order valence-corrected chi connectivity index (χ2v) is 1.39. The van der Waals surface area contributed by atoms with Crippen molar-refractivity contribution in [1.29, 1.82) is 0 Å². The Hall–Kier alpha value is -0.770. The topological polar surface area (TPSA) is 38.7 Å². The van der Waals surface area contributed by atoms with Gasteiger partial charge in [0.25, 0.3) is 5.95 Å². The van der Waals surface area contributed by atoms with Gasteiger partial charge < -0.3 is 0 Å². The molecule has 0 N–H and O–H groups in total. The zero-order valence-electron chi connectivity index (χ0n) is 3.67. The Kier molecular flexibility index (Phi) is 1.34. The first-order chi connectivity index (χ1) is 3.79. The quantitative estimate of drug-likeness (QED) is 0.522. The van der Waals surface area contributed by atoms with Crippen molar-refractivity contribution in [2.45, 2.75) is 0 Å². The Morgan fingerprint density at radius 2 is 2.25 bits per heavy atom. The lowest BCUT2D eigenvalue weighted by molar-refractivity contribution is 0.553. The van der Waals surface area contributed by atoms with Gasteiger partial charge in [-0.05, 0) is 11.6 Å². The number of nitrogens with zero attached hydrogens (tertiary/aromatic N) is 3. The first-order valence-electron chi connectivity index (χ1n) is 1.80. The average molecular weight is 134 g/mol. The minimum atomic E-state index is -0.727. The number of hydrogen-bond acceptors (Lipinski definition) is 3. The van der Waals surface area contributed by atoms with Crippen LogP contribution >= 0.6 is 11.6 Å². The second-order valence-electron chi connectivity index (χ2n) is 1.05. The molecule has 3 nitrogen and oxygen atoms in total. The van der Waals surface area contributed by atoms with Crippen LogP contribution in [-0.2, 0) is 0 Å². The first kappa shape index (κ1) is 5.37. The van der Waals surface area contributed by atoms with Gasteiger partial charge in [-0.1, -0.05) is 0 Å². The molecule has 0 atom stereocenters. The van der Waals surface area contributed by atoms with E-state index in [4.69, 9.17) is 11.6 Å². The summed E-state index contributed by atoms with van der Waals surface area (Å²) in [7, 11) is 0. The molecule has 1 aromatic rings. The first-order valence-corrected chi connectivity index (χ1v) is 2.17. The van der Waals surface area contributed by atoms with E-state index >= 15 is 0 Å². The SMILES string of the molecule is Fc1cnc(Cl)nn1. The van der Waals surface area contributed by atoms with E-state index in [0.29, 0.717) is 0 Å². The molecule has 0 aliphatic carbocycles. The smallest absolute Gasteiger partial charge is 0.220 e. The molecule has 1 heterocycles. The van der Waals surface area contributed by atoms with Crippen LogP contribution < -0.4 is 0 Å². The molecule has 0 amide bonds. The van der Waals surface area contributed by atoms with Gasteiger partial charge in [0, 0.05) is 0 Å². The normalized spacial score (nSPS) is 9.25. The standard InChI is InChI=1S/C3HClFN3/c4-3-6-1-2(5)7-8-3/h1H. The van der Waals surface area contributed by atoms with E-state index in [2.05, 4.69) is 15.2 Å². The molecule has 0 aliphatic rings. The minimum Gasteiger partial charge on any atom is -0.220 e. The Bertz CT molecular complexity index is 153. The summed E-state index contributed by atoms with van der Waals surface area (Å²) in [4.78, 5) is 3.30. The van der Waals surface area contributed by atoms with Gasteiger partial charge in [0.2, 0.25) is 5.28 Å². The Labute approximate surface area is 49.5 Å². The van der Waals surface area contributed by atoms with Crippen molar-refractivity contribution in [2.75, 3.05) is 0 Å². The van der Waals surface area contributed by atoms with Gasteiger partial charge in [-0.3, -0.25) is 0 Å². The number of hydrogen-bond donors (Lipinski definition) is 0. The fourth-order valence-electron chi connectivity index (χ4n) is 0.247. The third kappa shape index (κ3) is 1.10. The van der Waals surface area contributed by atoms with Crippen molar-refractivity contribution >= 4 is 11.6 Å². The summed E-state index contributed by atoms with van der Waals surface area (Å²) in [5.74, 6) is -0.727. The van der Waals surface area contributed by atoms with Crippen LogP contribution in [0.25, 0.3) is 0 Å². The lowest BCUT2D eigenvalue weighted by Crippen LogP contribution is -1.88. The molecule has 8 heavy (non-hydrogen) atoms. The third-order valence-electron chi connectivity index (χ3n) is 0.506. The number of halogens is 2. The lowest BCUT2D eigenvalue weighted by atomic mass is 10.9. The van der Waals surface area contributed by atoms with Crippen molar-refractivity contribution < 1.29 is 4.39 Å². The van der Waals surface area contributed by atoms with Crippen LogP contribution in [0.15, 0.2) is 6.20 Å². The maximum absolute atomic E-state index is 11.8. The molecule has 0 unspecified atom stereocenters. The zero-order valence-corrected chi connectivity index (χ0v) is 4.43. The van der Waals surface area contributed by atoms with Gasteiger partial charge in [0.1, 0.15) is 0 Å². The van der Waals surface area contributed by atoms with Crippen LogP contribution in [0.4, 0.5) is 4.39 Å². The summed E-state index contributed by atoms with van der Waals surface area (Å²) in [5.41, 5.74) is 0. The number of rotatable bonds is 0. The van der Waals surface area contributed by atoms with Crippen molar-refractivity contribution in [1.82, 2.24) is 15.2 Å². The molecule has 0 aliphatic heterocycles. The van der Waals surface area contributed by atoms with E-state index in [1.807, 2.05) is 0 Å². The van der Waals surface area contributed by atoms with E-state index < -0.39 is 5.95 Å². The van der Waals surface area contributed by atoms with Crippen molar-refractivity contribution in [3.63, 3.8) is 0 Å². The molecular weight excluding hydrogens is 133 g/mol. The summed E-state index contributed by atoms with van der Waals surface area (Å²) < 4.78 is 11.8. The Balaban J connectivity index is 3.03. The summed E-state index contributed by atoms with van der Waals surface area (Å²) in [6, 6.07) is 0. The van der Waals surface area contributed by atoms with E-state index in [-0.39, 0.29) is 5.28 Å². The van der Waals surface area contributed by atoms with Crippen LogP contribution in [0.2, 0.25) is 5.28 Å². The molecule has 0 spiro atoms. The van der Waals surface area contributed by atoms with Gasteiger partial charge >= 0.3 is 0 Å². The lowest BCUT2D eigenvalue weighted by Gasteiger charge is -1.81. The highest BCUT2D eigenvalue weighted by Crippen LogP contribution is 1.93. The molecule has 5 heteroatoms. The van der Waals surface area contributed by atoms with Crippen LogP contribution in [0.5, 0.6) is 0 Å². The Morgan fingerprint density at radius 1 is 1.50 bits per heavy atom. The monoisotopic (exact) mass is 133 g/mol. The van der Waals surface area contributed by atoms with Crippen molar-refractivity contribution in [3.8, 4) is 0 Å². The predicted octanol–water partition coefficient (Wildman–Crippen LogP) is 0.664. The average Bonchev–Trinajstić information content (AvgIpc) is 1.77. The van der Waals surface area contributed by atoms with Crippen LogP contribution in [0, 0.1) is 5.95 Å². The molecule has 1 rings (SSSR count). The Morgan fingerprint density at radius 3 is 2.62 bits per heavy atom. The van der Waals surface area contributed by atoms with Crippen LogP contribution in [-0.4, -0.2) is 15.2 Å². The van der Waals surface area contributed by atoms with Crippen LogP contribution in [0.1, 0.15) is 0 Å². The maximum Gasteiger partial charge on any atom is 0.251 e. The highest BCUT2D eigenvalue weighted by atomic mass is 35.5.